The van der Waals surface area contributed by atoms with Gasteiger partial charge in [0.15, 0.2) is 0 Å². The van der Waals surface area contributed by atoms with Gasteiger partial charge < -0.3 is 5.32 Å². The van der Waals surface area contributed by atoms with Gasteiger partial charge in [-0.05, 0) is 36.1 Å². The van der Waals surface area contributed by atoms with Crippen LogP contribution in [0.1, 0.15) is 46.2 Å². The van der Waals surface area contributed by atoms with Crippen molar-refractivity contribution in [2.75, 3.05) is 17.6 Å². The molecule has 0 spiro atoms. The molecule has 0 unspecified atom stereocenters. The molecule has 34 heavy (non-hydrogen) atoms. The zero-order valence-electron chi connectivity index (χ0n) is 19.0. The molecule has 0 saturated heterocycles. The van der Waals surface area contributed by atoms with Gasteiger partial charge in [0, 0.05) is 30.2 Å². The number of benzene rings is 1. The first kappa shape index (κ1) is 24.0. The fourth-order valence-electron chi connectivity index (χ4n) is 4.01. The van der Waals surface area contributed by atoms with Crippen LogP contribution in [0, 0.1) is 22.7 Å². The van der Waals surface area contributed by atoms with Gasteiger partial charge in [-0.25, -0.2) is 4.98 Å². The van der Waals surface area contributed by atoms with Crippen molar-refractivity contribution in [2.45, 2.75) is 44.3 Å². The van der Waals surface area contributed by atoms with Crippen LogP contribution >= 0.6 is 23.1 Å². The fraction of sp³-hybridized carbons (Fsp3) is 0.308. The molecule has 0 bridgehead atoms. The molecule has 0 aliphatic carbocycles. The minimum atomic E-state index is -0.201. The third-order valence-corrected chi connectivity index (χ3v) is 7.76. The number of thioether (sulfide) groups is 1. The molecule has 0 fully saturated rings. The molecule has 1 aliphatic heterocycles. The number of nitrogens with one attached hydrogen (secondary N) is 1. The Morgan fingerprint density at radius 1 is 1.21 bits per heavy atom. The van der Waals surface area contributed by atoms with E-state index in [1.165, 1.54) is 28.7 Å². The lowest BCUT2D eigenvalue weighted by Gasteiger charge is -2.26. The van der Waals surface area contributed by atoms with Crippen LogP contribution in [0.4, 0.5) is 5.00 Å². The van der Waals surface area contributed by atoms with Crippen LogP contribution < -0.4 is 5.32 Å². The zero-order valence-corrected chi connectivity index (χ0v) is 20.6. The van der Waals surface area contributed by atoms with E-state index in [4.69, 9.17) is 0 Å². The molecule has 172 valence electrons. The summed E-state index contributed by atoms with van der Waals surface area (Å²) in [6.45, 7) is 4.60. The van der Waals surface area contributed by atoms with E-state index in [9.17, 15) is 15.3 Å². The SMILES string of the molecule is CCCc1ccc(C#N)c(SCC(=O)Nc2sc3c(c2C#N)CCN(Cc2ccccc2)C3)n1. The van der Waals surface area contributed by atoms with Crippen molar-refractivity contribution >= 4 is 34.0 Å². The lowest BCUT2D eigenvalue weighted by atomic mass is 10.0. The number of nitriles is 2. The van der Waals surface area contributed by atoms with Crippen molar-refractivity contribution in [3.05, 3.63) is 75.3 Å². The van der Waals surface area contributed by atoms with E-state index >= 15 is 0 Å². The maximum Gasteiger partial charge on any atom is 0.235 e. The molecule has 1 aliphatic rings. The van der Waals surface area contributed by atoms with Crippen LogP contribution in [0.2, 0.25) is 0 Å². The van der Waals surface area contributed by atoms with E-state index in [0.717, 1.165) is 55.0 Å². The Morgan fingerprint density at radius 2 is 2.03 bits per heavy atom. The number of aryl methyl sites for hydroxylation is 1. The Hall–Kier alpha value is -3.17. The van der Waals surface area contributed by atoms with Crippen molar-refractivity contribution in [3.63, 3.8) is 0 Å². The lowest BCUT2D eigenvalue weighted by molar-refractivity contribution is -0.113. The summed E-state index contributed by atoms with van der Waals surface area (Å²) in [5, 5.41) is 23.3. The van der Waals surface area contributed by atoms with Gasteiger partial charge in [-0.3, -0.25) is 9.69 Å². The molecule has 3 heterocycles. The number of thiophene rings is 1. The summed E-state index contributed by atoms with van der Waals surface area (Å²) in [4.78, 5) is 20.8. The third kappa shape index (κ3) is 5.66. The fourth-order valence-corrected chi connectivity index (χ4v) is 6.05. The van der Waals surface area contributed by atoms with E-state index in [-0.39, 0.29) is 11.7 Å². The minimum absolute atomic E-state index is 0.130. The Bertz CT molecular complexity index is 1260. The van der Waals surface area contributed by atoms with Gasteiger partial charge in [-0.15, -0.1) is 11.3 Å². The topological polar surface area (TPSA) is 92.8 Å². The van der Waals surface area contributed by atoms with Gasteiger partial charge in [-0.1, -0.05) is 55.4 Å². The Labute approximate surface area is 208 Å². The molecule has 4 rings (SSSR count). The van der Waals surface area contributed by atoms with Crippen molar-refractivity contribution < 1.29 is 4.79 Å². The maximum absolute atomic E-state index is 12.7. The summed E-state index contributed by atoms with van der Waals surface area (Å²) in [6, 6.07) is 18.4. The average molecular weight is 488 g/mol. The minimum Gasteiger partial charge on any atom is -0.316 e. The monoisotopic (exact) mass is 487 g/mol. The Balaban J connectivity index is 1.42. The van der Waals surface area contributed by atoms with Crippen LogP contribution in [0.15, 0.2) is 47.5 Å². The van der Waals surface area contributed by atoms with Crippen LogP contribution in [0.3, 0.4) is 0 Å². The Kier molecular flexibility index (Phi) is 7.97. The largest absolute Gasteiger partial charge is 0.316 e. The molecule has 1 amide bonds. The van der Waals surface area contributed by atoms with Gasteiger partial charge in [0.2, 0.25) is 5.91 Å². The van der Waals surface area contributed by atoms with Crippen molar-refractivity contribution in [2.24, 2.45) is 0 Å². The maximum atomic E-state index is 12.7. The van der Waals surface area contributed by atoms with Crippen LogP contribution in [0.25, 0.3) is 0 Å². The highest BCUT2D eigenvalue weighted by Gasteiger charge is 2.25. The predicted molar refractivity (Wildman–Crippen MR) is 136 cm³/mol. The number of amides is 1. The molecule has 0 radical (unpaired) electrons. The van der Waals surface area contributed by atoms with E-state index < -0.39 is 0 Å². The number of carbonyl (C=O) groups excluding carboxylic acids is 1. The number of aromatic nitrogens is 1. The van der Waals surface area contributed by atoms with Crippen LogP contribution in [-0.2, 0) is 30.7 Å². The van der Waals surface area contributed by atoms with E-state index in [2.05, 4.69) is 46.4 Å². The predicted octanol–water partition coefficient (Wildman–Crippen LogP) is 5.13. The summed E-state index contributed by atoms with van der Waals surface area (Å²) in [5.41, 5.74) is 4.29. The standard InChI is InChI=1S/C26H25N5OS2/c1-2-6-20-10-9-19(13-27)25(29-20)33-17-24(32)30-26-22(14-28)21-11-12-31(16-23(21)34-26)15-18-7-4-3-5-8-18/h3-5,7-10H,2,6,11-12,15-17H2,1H3,(H,30,32). The normalized spacial score (nSPS) is 13.0. The number of fused-ring (bicyclic) bond motifs is 1. The molecule has 6 nitrogen and oxygen atoms in total. The van der Waals surface area contributed by atoms with Crippen LogP contribution in [0.5, 0.6) is 0 Å². The summed E-state index contributed by atoms with van der Waals surface area (Å²) < 4.78 is 0. The highest BCUT2D eigenvalue weighted by Crippen LogP contribution is 2.37. The second kappa shape index (κ2) is 11.3. The van der Waals surface area contributed by atoms with Crippen molar-refractivity contribution in [3.8, 4) is 12.1 Å². The molecular formula is C26H25N5OS2. The van der Waals surface area contributed by atoms with Gasteiger partial charge in [0.05, 0.1) is 16.9 Å². The molecular weight excluding hydrogens is 462 g/mol. The first-order valence-electron chi connectivity index (χ1n) is 11.2. The summed E-state index contributed by atoms with van der Waals surface area (Å²) in [6.07, 6.45) is 2.59. The number of anilines is 1. The number of carbonyl (C=O) groups is 1. The second-order valence-electron chi connectivity index (χ2n) is 8.12. The number of hydrogen-bond acceptors (Lipinski definition) is 7. The smallest absolute Gasteiger partial charge is 0.235 e. The first-order chi connectivity index (χ1) is 16.6. The number of hydrogen-bond donors (Lipinski definition) is 1. The van der Waals surface area contributed by atoms with E-state index in [0.29, 0.717) is 21.2 Å². The summed E-state index contributed by atoms with van der Waals surface area (Å²) in [5.74, 6) is -0.0713. The molecule has 1 aromatic carbocycles. The van der Waals surface area contributed by atoms with Crippen molar-refractivity contribution in [1.29, 1.82) is 10.5 Å². The number of pyridine rings is 1. The van der Waals surface area contributed by atoms with Gasteiger partial charge in [-0.2, -0.15) is 10.5 Å². The van der Waals surface area contributed by atoms with E-state index in [1.54, 1.807) is 6.07 Å². The molecule has 3 aromatic rings. The molecule has 1 N–H and O–H groups in total. The summed E-state index contributed by atoms with van der Waals surface area (Å²) in [7, 11) is 0. The van der Waals surface area contributed by atoms with Crippen LogP contribution in [-0.4, -0.2) is 28.1 Å². The van der Waals surface area contributed by atoms with E-state index in [1.807, 2.05) is 24.3 Å². The van der Waals surface area contributed by atoms with Crippen molar-refractivity contribution in [1.82, 2.24) is 9.88 Å². The number of rotatable bonds is 8. The highest BCUT2D eigenvalue weighted by atomic mass is 32.2. The highest BCUT2D eigenvalue weighted by molar-refractivity contribution is 8.00. The third-order valence-electron chi connectivity index (χ3n) is 5.63. The zero-order chi connectivity index (χ0) is 23.9. The quantitative estimate of drug-likeness (QED) is 0.443. The summed E-state index contributed by atoms with van der Waals surface area (Å²) >= 11 is 2.75. The Morgan fingerprint density at radius 3 is 2.76 bits per heavy atom. The van der Waals surface area contributed by atoms with Gasteiger partial charge in [0.1, 0.15) is 22.2 Å². The molecule has 8 heteroatoms. The number of nitrogens with zero attached hydrogens (tertiary/aromatic N) is 4. The first-order valence-corrected chi connectivity index (χ1v) is 13.0. The van der Waals surface area contributed by atoms with Gasteiger partial charge in [0.25, 0.3) is 0 Å². The molecule has 0 saturated carbocycles. The average Bonchev–Trinajstić information content (AvgIpc) is 3.19. The lowest BCUT2D eigenvalue weighted by Crippen LogP contribution is -2.29. The van der Waals surface area contributed by atoms with Gasteiger partial charge >= 0.3 is 0 Å². The molecule has 0 atom stereocenters. The second-order valence-corrected chi connectivity index (χ2v) is 10.2. The molecule has 2 aromatic heterocycles.